The van der Waals surface area contributed by atoms with Crippen LogP contribution >= 0.6 is 11.6 Å². The maximum atomic E-state index is 12.1. The summed E-state index contributed by atoms with van der Waals surface area (Å²) >= 11 is 5.70. The average Bonchev–Trinajstić information content (AvgIpc) is 2.94. The summed E-state index contributed by atoms with van der Waals surface area (Å²) < 4.78 is 29.0. The van der Waals surface area contributed by atoms with Crippen molar-refractivity contribution in [2.24, 2.45) is 0 Å². The molecule has 7 nitrogen and oxygen atoms in total. The lowest BCUT2D eigenvalue weighted by molar-refractivity contribution is 0.0696. The first-order chi connectivity index (χ1) is 9.92. The molecule has 1 amide bonds. The van der Waals surface area contributed by atoms with Crippen molar-refractivity contribution in [2.75, 3.05) is 5.75 Å². The Morgan fingerprint density at radius 2 is 2.00 bits per heavy atom. The first-order valence-corrected chi connectivity index (χ1v) is 7.84. The first-order valence-electron chi connectivity index (χ1n) is 5.81. The summed E-state index contributed by atoms with van der Waals surface area (Å²) in [4.78, 5) is 11.2. The van der Waals surface area contributed by atoms with E-state index in [1.807, 2.05) is 0 Å². The molecule has 0 aliphatic carbocycles. The SMILES string of the molecule is O=C(NO)c1cc(CCS(=O)(=O)c2ccc(Cl)cc2)on1. The summed E-state index contributed by atoms with van der Waals surface area (Å²) in [6, 6.07) is 7.09. The van der Waals surface area contributed by atoms with Gasteiger partial charge in [0.25, 0.3) is 5.91 Å². The van der Waals surface area contributed by atoms with E-state index in [1.54, 1.807) is 0 Å². The van der Waals surface area contributed by atoms with E-state index in [2.05, 4.69) is 5.16 Å². The Kier molecular flexibility index (Phi) is 4.61. The van der Waals surface area contributed by atoms with Crippen LogP contribution in [-0.2, 0) is 16.3 Å². The Bertz CT molecular complexity index is 739. The number of nitrogens with zero attached hydrogens (tertiary/aromatic N) is 1. The number of hydrogen-bond donors (Lipinski definition) is 2. The minimum atomic E-state index is -3.49. The van der Waals surface area contributed by atoms with Crippen molar-refractivity contribution in [1.29, 1.82) is 0 Å². The normalized spacial score (nSPS) is 11.3. The van der Waals surface area contributed by atoms with Crippen LogP contribution in [0.25, 0.3) is 0 Å². The Morgan fingerprint density at radius 1 is 1.33 bits per heavy atom. The van der Waals surface area contributed by atoms with Crippen molar-refractivity contribution in [3.8, 4) is 0 Å². The Hall–Kier alpha value is -1.90. The Labute approximate surface area is 125 Å². The quantitative estimate of drug-likeness (QED) is 0.634. The van der Waals surface area contributed by atoms with Crippen molar-refractivity contribution in [3.05, 3.63) is 46.8 Å². The summed E-state index contributed by atoms with van der Waals surface area (Å²) in [5.41, 5.74) is 1.28. The zero-order chi connectivity index (χ0) is 15.5. The highest BCUT2D eigenvalue weighted by Crippen LogP contribution is 2.16. The lowest BCUT2D eigenvalue weighted by Crippen LogP contribution is -2.18. The number of sulfone groups is 1. The van der Waals surface area contributed by atoms with Gasteiger partial charge in [-0.25, -0.2) is 13.9 Å². The standard InChI is InChI=1S/C12H11ClN2O5S/c13-8-1-3-10(4-2-8)21(18,19)6-5-9-7-11(15-20-9)12(16)14-17/h1-4,7,17H,5-6H2,(H,14,16). The molecule has 1 aromatic carbocycles. The van der Waals surface area contributed by atoms with E-state index in [9.17, 15) is 13.2 Å². The Balaban J connectivity index is 2.06. The van der Waals surface area contributed by atoms with Gasteiger partial charge in [0.15, 0.2) is 15.5 Å². The van der Waals surface area contributed by atoms with E-state index in [4.69, 9.17) is 21.3 Å². The lowest BCUT2D eigenvalue weighted by Gasteiger charge is -2.02. The predicted molar refractivity (Wildman–Crippen MR) is 73.0 cm³/mol. The number of nitrogens with one attached hydrogen (secondary N) is 1. The molecule has 0 saturated carbocycles. The van der Waals surface area contributed by atoms with Crippen molar-refractivity contribution in [1.82, 2.24) is 10.6 Å². The molecule has 9 heteroatoms. The van der Waals surface area contributed by atoms with Crippen molar-refractivity contribution >= 4 is 27.3 Å². The molecule has 0 aliphatic rings. The molecule has 0 spiro atoms. The molecule has 0 aliphatic heterocycles. The number of rotatable bonds is 5. The van der Waals surface area contributed by atoms with Crippen LogP contribution in [-0.4, -0.2) is 30.4 Å². The van der Waals surface area contributed by atoms with Gasteiger partial charge < -0.3 is 4.52 Å². The van der Waals surface area contributed by atoms with Gasteiger partial charge in [0.05, 0.1) is 10.6 Å². The first kappa shape index (κ1) is 15.5. The third-order valence-corrected chi connectivity index (χ3v) is 4.67. The summed E-state index contributed by atoms with van der Waals surface area (Å²) in [5.74, 6) is -0.805. The van der Waals surface area contributed by atoms with Crippen LogP contribution in [0.4, 0.5) is 0 Å². The third kappa shape index (κ3) is 3.81. The second-order valence-corrected chi connectivity index (χ2v) is 6.69. The number of halogens is 1. The molecule has 0 radical (unpaired) electrons. The van der Waals surface area contributed by atoms with Gasteiger partial charge in [-0.15, -0.1) is 0 Å². The van der Waals surface area contributed by atoms with Crippen LogP contribution in [0.5, 0.6) is 0 Å². The topological polar surface area (TPSA) is 110 Å². The fraction of sp³-hybridized carbons (Fsp3) is 0.167. The van der Waals surface area contributed by atoms with Crippen LogP contribution in [0.15, 0.2) is 39.8 Å². The van der Waals surface area contributed by atoms with Crippen molar-refractivity contribution in [3.63, 3.8) is 0 Å². The van der Waals surface area contributed by atoms with Gasteiger partial charge in [0.2, 0.25) is 0 Å². The van der Waals surface area contributed by atoms with Crippen LogP contribution < -0.4 is 5.48 Å². The number of aryl methyl sites for hydroxylation is 1. The number of hydrogen-bond acceptors (Lipinski definition) is 6. The van der Waals surface area contributed by atoms with Gasteiger partial charge >= 0.3 is 0 Å². The second-order valence-electron chi connectivity index (χ2n) is 4.14. The fourth-order valence-corrected chi connectivity index (χ4v) is 2.97. The predicted octanol–water partition coefficient (Wildman–Crippen LogP) is 1.46. The number of carbonyl (C=O) groups excluding carboxylic acids is 1. The van der Waals surface area contributed by atoms with E-state index in [-0.39, 0.29) is 28.5 Å². The van der Waals surface area contributed by atoms with E-state index in [1.165, 1.54) is 35.8 Å². The van der Waals surface area contributed by atoms with E-state index in [0.717, 1.165) is 0 Å². The molecule has 0 unspecified atom stereocenters. The number of hydroxylamine groups is 1. The van der Waals surface area contributed by atoms with Crippen molar-refractivity contribution < 1.29 is 22.9 Å². The van der Waals surface area contributed by atoms with Gasteiger partial charge in [0.1, 0.15) is 5.76 Å². The molecule has 0 fully saturated rings. The molecule has 1 heterocycles. The summed E-state index contributed by atoms with van der Waals surface area (Å²) in [7, 11) is -3.49. The minimum Gasteiger partial charge on any atom is -0.361 e. The average molecular weight is 331 g/mol. The molecule has 0 atom stereocenters. The highest BCUT2D eigenvalue weighted by molar-refractivity contribution is 7.91. The molecule has 112 valence electrons. The maximum absolute atomic E-state index is 12.1. The van der Waals surface area contributed by atoms with Crippen molar-refractivity contribution in [2.45, 2.75) is 11.3 Å². The zero-order valence-corrected chi connectivity index (χ0v) is 12.2. The van der Waals surface area contributed by atoms with Gasteiger partial charge in [0, 0.05) is 17.5 Å². The molecular formula is C12H11ClN2O5S. The summed E-state index contributed by atoms with van der Waals surface area (Å²) in [6.07, 6.45) is 0.0523. The molecule has 0 saturated heterocycles. The van der Waals surface area contributed by atoms with E-state index >= 15 is 0 Å². The second kappa shape index (κ2) is 6.25. The molecular weight excluding hydrogens is 320 g/mol. The van der Waals surface area contributed by atoms with E-state index in [0.29, 0.717) is 5.02 Å². The van der Waals surface area contributed by atoms with Crippen LogP contribution in [0, 0.1) is 0 Å². The molecule has 1 aromatic heterocycles. The number of benzene rings is 1. The highest BCUT2D eigenvalue weighted by atomic mass is 35.5. The Morgan fingerprint density at radius 3 is 2.62 bits per heavy atom. The molecule has 2 aromatic rings. The molecule has 2 N–H and O–H groups in total. The fourth-order valence-electron chi connectivity index (χ4n) is 1.59. The smallest absolute Gasteiger partial charge is 0.296 e. The van der Waals surface area contributed by atoms with Gasteiger partial charge in [-0.2, -0.15) is 0 Å². The van der Waals surface area contributed by atoms with E-state index < -0.39 is 15.7 Å². The minimum absolute atomic E-state index is 0.0523. The maximum Gasteiger partial charge on any atom is 0.296 e. The summed E-state index contributed by atoms with van der Waals surface area (Å²) in [6.45, 7) is 0. The number of carbonyl (C=O) groups is 1. The third-order valence-electron chi connectivity index (χ3n) is 2.68. The van der Waals surface area contributed by atoms with Gasteiger partial charge in [-0.1, -0.05) is 16.8 Å². The van der Waals surface area contributed by atoms with Gasteiger partial charge in [-0.3, -0.25) is 10.0 Å². The van der Waals surface area contributed by atoms with Crippen LogP contribution in [0.2, 0.25) is 5.02 Å². The largest absolute Gasteiger partial charge is 0.361 e. The zero-order valence-electron chi connectivity index (χ0n) is 10.6. The number of aromatic nitrogens is 1. The molecule has 21 heavy (non-hydrogen) atoms. The van der Waals surface area contributed by atoms with Crippen LogP contribution in [0.1, 0.15) is 16.2 Å². The molecule has 2 rings (SSSR count). The van der Waals surface area contributed by atoms with Gasteiger partial charge in [-0.05, 0) is 24.3 Å². The van der Waals surface area contributed by atoms with Crippen LogP contribution in [0.3, 0.4) is 0 Å². The molecule has 0 bridgehead atoms. The summed E-state index contributed by atoms with van der Waals surface area (Å²) in [5, 5.41) is 12.3. The lowest BCUT2D eigenvalue weighted by atomic mass is 10.3. The highest BCUT2D eigenvalue weighted by Gasteiger charge is 2.17. The monoisotopic (exact) mass is 330 g/mol. The number of amides is 1.